The summed E-state index contributed by atoms with van der Waals surface area (Å²) < 4.78 is 11.0. The van der Waals surface area contributed by atoms with Crippen molar-refractivity contribution in [2.45, 2.75) is 19.0 Å². The first kappa shape index (κ1) is 19.6. The van der Waals surface area contributed by atoms with E-state index in [1.165, 1.54) is 11.3 Å². The average Bonchev–Trinajstić information content (AvgIpc) is 2.67. The molecule has 1 N–H and O–H groups in total. The molecule has 3 rings (SSSR count). The van der Waals surface area contributed by atoms with Crippen LogP contribution in [-0.2, 0) is 4.74 Å². The summed E-state index contributed by atoms with van der Waals surface area (Å²) >= 11 is 0. The second kappa shape index (κ2) is 9.66. The number of para-hydroxylation sites is 1. The Morgan fingerprint density at radius 1 is 1.20 bits per heavy atom. The van der Waals surface area contributed by atoms with Crippen molar-refractivity contribution < 1.29 is 9.47 Å². The molecular formula is C20H27ClN2O2. The fraction of sp³-hybridized carbons (Fsp3) is 0.400. The van der Waals surface area contributed by atoms with E-state index in [1.54, 1.807) is 7.11 Å². The SMILES string of the molecule is COc1cccc([C@@H](C)NCC2COCCN2c2ccccc2)c1.Cl. The summed E-state index contributed by atoms with van der Waals surface area (Å²) in [4.78, 5) is 2.44. The van der Waals surface area contributed by atoms with Crippen molar-refractivity contribution >= 4 is 18.1 Å². The summed E-state index contributed by atoms with van der Waals surface area (Å²) in [6, 6.07) is 19.4. The van der Waals surface area contributed by atoms with Crippen LogP contribution in [0, 0.1) is 0 Å². The smallest absolute Gasteiger partial charge is 0.119 e. The maximum Gasteiger partial charge on any atom is 0.119 e. The van der Waals surface area contributed by atoms with Crippen LogP contribution in [0.15, 0.2) is 54.6 Å². The van der Waals surface area contributed by atoms with Crippen LogP contribution in [0.4, 0.5) is 5.69 Å². The molecule has 2 atom stereocenters. The molecule has 0 spiro atoms. The van der Waals surface area contributed by atoms with Gasteiger partial charge in [0.15, 0.2) is 0 Å². The van der Waals surface area contributed by atoms with Crippen LogP contribution in [0.2, 0.25) is 0 Å². The van der Waals surface area contributed by atoms with E-state index >= 15 is 0 Å². The predicted molar refractivity (Wildman–Crippen MR) is 105 cm³/mol. The van der Waals surface area contributed by atoms with E-state index in [0.29, 0.717) is 6.04 Å². The Morgan fingerprint density at radius 3 is 2.76 bits per heavy atom. The lowest BCUT2D eigenvalue weighted by molar-refractivity contribution is 0.0930. The second-order valence-electron chi connectivity index (χ2n) is 6.16. The number of hydrogen-bond acceptors (Lipinski definition) is 4. The fourth-order valence-corrected chi connectivity index (χ4v) is 3.12. The topological polar surface area (TPSA) is 33.7 Å². The molecule has 2 aromatic rings. The van der Waals surface area contributed by atoms with Gasteiger partial charge in [-0.15, -0.1) is 12.4 Å². The number of nitrogens with one attached hydrogen (secondary N) is 1. The van der Waals surface area contributed by atoms with E-state index in [9.17, 15) is 0 Å². The summed E-state index contributed by atoms with van der Waals surface area (Å²) in [5, 5.41) is 3.64. The van der Waals surface area contributed by atoms with Crippen molar-refractivity contribution in [1.29, 1.82) is 0 Å². The normalized spacial score (nSPS) is 18.3. The lowest BCUT2D eigenvalue weighted by atomic mass is 10.1. The Balaban J connectivity index is 0.00000225. The number of hydrogen-bond donors (Lipinski definition) is 1. The molecule has 0 bridgehead atoms. The Morgan fingerprint density at radius 2 is 2.00 bits per heavy atom. The van der Waals surface area contributed by atoms with Crippen LogP contribution in [0.1, 0.15) is 18.5 Å². The third-order valence-electron chi connectivity index (χ3n) is 4.57. The highest BCUT2D eigenvalue weighted by Crippen LogP contribution is 2.21. The van der Waals surface area contributed by atoms with Crippen LogP contribution >= 0.6 is 12.4 Å². The van der Waals surface area contributed by atoms with Gasteiger partial charge < -0.3 is 19.7 Å². The van der Waals surface area contributed by atoms with Crippen molar-refractivity contribution in [2.75, 3.05) is 38.3 Å². The van der Waals surface area contributed by atoms with E-state index in [0.717, 1.165) is 32.1 Å². The minimum Gasteiger partial charge on any atom is -0.497 e. The summed E-state index contributed by atoms with van der Waals surface area (Å²) in [7, 11) is 1.70. The highest BCUT2D eigenvalue weighted by Gasteiger charge is 2.23. The Bertz CT molecular complexity index is 639. The monoisotopic (exact) mass is 362 g/mol. The zero-order valence-corrected chi connectivity index (χ0v) is 15.7. The minimum absolute atomic E-state index is 0. The first-order chi connectivity index (χ1) is 11.8. The third-order valence-corrected chi connectivity index (χ3v) is 4.57. The van der Waals surface area contributed by atoms with E-state index < -0.39 is 0 Å². The standard InChI is InChI=1S/C20H26N2O2.ClH/c1-16(17-7-6-10-20(13-17)23-2)21-14-19-15-24-12-11-22(19)18-8-4-3-5-9-18;/h3-10,13,16,19,21H,11-12,14-15H2,1-2H3;1H/t16-,19?;/m1./s1. The molecule has 1 aliphatic heterocycles. The van der Waals surface area contributed by atoms with Crippen LogP contribution < -0.4 is 15.0 Å². The van der Waals surface area contributed by atoms with Crippen molar-refractivity contribution in [3.05, 3.63) is 60.2 Å². The molecule has 2 aromatic carbocycles. The maximum atomic E-state index is 5.71. The van der Waals surface area contributed by atoms with Gasteiger partial charge in [0, 0.05) is 24.8 Å². The molecule has 25 heavy (non-hydrogen) atoms. The number of ether oxygens (including phenoxy) is 2. The van der Waals surface area contributed by atoms with Gasteiger partial charge in [-0.05, 0) is 36.8 Å². The number of benzene rings is 2. The number of morpholine rings is 1. The number of methoxy groups -OCH3 is 1. The molecule has 1 unspecified atom stereocenters. The lowest BCUT2D eigenvalue weighted by Crippen LogP contribution is -2.50. The van der Waals surface area contributed by atoms with Crippen LogP contribution in [0.25, 0.3) is 0 Å². The quantitative estimate of drug-likeness (QED) is 0.850. The van der Waals surface area contributed by atoms with Gasteiger partial charge in [0.25, 0.3) is 0 Å². The molecular weight excluding hydrogens is 336 g/mol. The first-order valence-corrected chi connectivity index (χ1v) is 8.54. The van der Waals surface area contributed by atoms with Gasteiger partial charge >= 0.3 is 0 Å². The molecule has 5 heteroatoms. The Hall–Kier alpha value is -1.75. The molecule has 0 radical (unpaired) electrons. The second-order valence-corrected chi connectivity index (χ2v) is 6.16. The molecule has 0 aliphatic carbocycles. The number of nitrogens with zero attached hydrogens (tertiary/aromatic N) is 1. The van der Waals surface area contributed by atoms with Gasteiger partial charge in [-0.3, -0.25) is 0 Å². The lowest BCUT2D eigenvalue weighted by Gasteiger charge is -2.38. The van der Waals surface area contributed by atoms with Gasteiger partial charge in [0.1, 0.15) is 5.75 Å². The van der Waals surface area contributed by atoms with Gasteiger partial charge in [-0.1, -0.05) is 30.3 Å². The minimum atomic E-state index is 0. The number of rotatable bonds is 6. The van der Waals surface area contributed by atoms with E-state index in [4.69, 9.17) is 9.47 Å². The fourth-order valence-electron chi connectivity index (χ4n) is 3.12. The largest absolute Gasteiger partial charge is 0.497 e. The van der Waals surface area contributed by atoms with E-state index in [2.05, 4.69) is 59.6 Å². The highest BCUT2D eigenvalue weighted by atomic mass is 35.5. The van der Waals surface area contributed by atoms with Crippen LogP contribution in [-0.4, -0.2) is 39.5 Å². The van der Waals surface area contributed by atoms with Gasteiger partial charge in [-0.2, -0.15) is 0 Å². The van der Waals surface area contributed by atoms with Crippen molar-refractivity contribution in [1.82, 2.24) is 5.32 Å². The maximum absolute atomic E-state index is 5.71. The third kappa shape index (κ3) is 5.11. The van der Waals surface area contributed by atoms with Crippen LogP contribution in [0.3, 0.4) is 0 Å². The zero-order valence-electron chi connectivity index (χ0n) is 14.9. The summed E-state index contributed by atoms with van der Waals surface area (Å²) in [5.41, 5.74) is 2.50. The number of halogens is 1. The zero-order chi connectivity index (χ0) is 16.8. The van der Waals surface area contributed by atoms with Crippen LogP contribution in [0.5, 0.6) is 5.75 Å². The molecule has 1 saturated heterocycles. The Labute approximate surface area is 156 Å². The highest BCUT2D eigenvalue weighted by molar-refractivity contribution is 5.85. The van der Waals surface area contributed by atoms with E-state index in [1.807, 2.05) is 12.1 Å². The molecule has 0 aromatic heterocycles. The molecule has 1 heterocycles. The van der Waals surface area contributed by atoms with Crippen molar-refractivity contribution in [2.24, 2.45) is 0 Å². The average molecular weight is 363 g/mol. The predicted octanol–water partition coefficient (Wildman–Crippen LogP) is 3.67. The Kier molecular flexibility index (Phi) is 7.56. The molecule has 1 fully saturated rings. The number of anilines is 1. The molecule has 0 saturated carbocycles. The molecule has 136 valence electrons. The molecule has 0 amide bonds. The van der Waals surface area contributed by atoms with Crippen molar-refractivity contribution in [3.8, 4) is 5.75 Å². The summed E-state index contributed by atoms with van der Waals surface area (Å²) in [6.07, 6.45) is 0. The first-order valence-electron chi connectivity index (χ1n) is 8.54. The molecule has 1 aliphatic rings. The van der Waals surface area contributed by atoms with Gasteiger partial charge in [0.2, 0.25) is 0 Å². The van der Waals surface area contributed by atoms with E-state index in [-0.39, 0.29) is 18.4 Å². The summed E-state index contributed by atoms with van der Waals surface area (Å²) in [5.74, 6) is 0.896. The van der Waals surface area contributed by atoms with Crippen molar-refractivity contribution in [3.63, 3.8) is 0 Å². The molecule has 4 nitrogen and oxygen atoms in total. The van der Waals surface area contributed by atoms with Gasteiger partial charge in [0.05, 0.1) is 26.4 Å². The van der Waals surface area contributed by atoms with Gasteiger partial charge in [-0.25, -0.2) is 0 Å². The summed E-state index contributed by atoms with van der Waals surface area (Å²) in [6.45, 7) is 5.55.